The molecule has 3 heteroatoms. The molecule has 0 bridgehead atoms. The van der Waals surface area contributed by atoms with Crippen LogP contribution in [0.3, 0.4) is 0 Å². The maximum Gasteiger partial charge on any atom is 0.255 e. The van der Waals surface area contributed by atoms with Gasteiger partial charge in [0.15, 0.2) is 0 Å². The Hall–Kier alpha value is -1.74. The molecule has 0 unspecified atom stereocenters. The first kappa shape index (κ1) is 13.7. The summed E-state index contributed by atoms with van der Waals surface area (Å²) < 4.78 is 0. The fourth-order valence-corrected chi connectivity index (χ4v) is 2.47. The van der Waals surface area contributed by atoms with Crippen LogP contribution in [0.5, 0.6) is 0 Å². The van der Waals surface area contributed by atoms with Crippen molar-refractivity contribution in [3.05, 3.63) is 59.2 Å². The highest BCUT2D eigenvalue weighted by Gasteiger charge is 2.11. The van der Waals surface area contributed by atoms with E-state index in [4.69, 9.17) is 0 Å². The quantitative estimate of drug-likeness (QED) is 0.844. The Morgan fingerprint density at radius 3 is 2.58 bits per heavy atom. The third-order valence-corrected chi connectivity index (χ3v) is 3.79. The molecular formula is C16H17NOS. The van der Waals surface area contributed by atoms with Gasteiger partial charge in [-0.25, -0.2) is 0 Å². The Labute approximate surface area is 118 Å². The lowest BCUT2D eigenvalue weighted by Crippen LogP contribution is -2.14. The van der Waals surface area contributed by atoms with Gasteiger partial charge in [-0.3, -0.25) is 4.79 Å². The van der Waals surface area contributed by atoms with Gasteiger partial charge in [-0.15, -0.1) is 11.8 Å². The topological polar surface area (TPSA) is 29.1 Å². The van der Waals surface area contributed by atoms with Crippen molar-refractivity contribution in [1.82, 2.24) is 0 Å². The molecule has 0 aliphatic rings. The Morgan fingerprint density at radius 2 is 1.84 bits per heavy atom. The summed E-state index contributed by atoms with van der Waals surface area (Å²) in [7, 11) is 0. The first-order chi connectivity index (χ1) is 9.11. The second kappa shape index (κ2) is 5.93. The van der Waals surface area contributed by atoms with Crippen LogP contribution in [0.25, 0.3) is 0 Å². The highest BCUT2D eigenvalue weighted by molar-refractivity contribution is 7.98. The molecule has 19 heavy (non-hydrogen) atoms. The van der Waals surface area contributed by atoms with Crippen LogP contribution >= 0.6 is 11.8 Å². The van der Waals surface area contributed by atoms with E-state index in [0.29, 0.717) is 0 Å². The summed E-state index contributed by atoms with van der Waals surface area (Å²) in [5, 5.41) is 2.99. The number of thioether (sulfide) groups is 1. The van der Waals surface area contributed by atoms with E-state index in [1.165, 1.54) is 0 Å². The van der Waals surface area contributed by atoms with Crippen molar-refractivity contribution in [2.75, 3.05) is 11.6 Å². The van der Waals surface area contributed by atoms with E-state index in [1.807, 2.05) is 62.6 Å². The van der Waals surface area contributed by atoms with Crippen molar-refractivity contribution in [2.24, 2.45) is 0 Å². The van der Waals surface area contributed by atoms with E-state index in [-0.39, 0.29) is 5.91 Å². The number of anilines is 1. The van der Waals surface area contributed by atoms with Crippen molar-refractivity contribution in [3.8, 4) is 0 Å². The average Bonchev–Trinajstić information content (AvgIpc) is 2.42. The molecule has 2 aromatic rings. The van der Waals surface area contributed by atoms with Gasteiger partial charge in [0, 0.05) is 10.5 Å². The monoisotopic (exact) mass is 271 g/mol. The molecule has 1 amide bonds. The van der Waals surface area contributed by atoms with Crippen molar-refractivity contribution in [2.45, 2.75) is 18.7 Å². The van der Waals surface area contributed by atoms with Crippen molar-refractivity contribution in [3.63, 3.8) is 0 Å². The molecule has 0 heterocycles. The predicted molar refractivity (Wildman–Crippen MR) is 82.1 cm³/mol. The fraction of sp³-hybridized carbons (Fsp3) is 0.188. The number of carbonyl (C=O) groups excluding carboxylic acids is 1. The lowest BCUT2D eigenvalue weighted by atomic mass is 10.1. The van der Waals surface area contributed by atoms with Crippen LogP contribution in [-0.4, -0.2) is 12.2 Å². The Morgan fingerprint density at radius 1 is 1.11 bits per heavy atom. The summed E-state index contributed by atoms with van der Waals surface area (Å²) in [5.41, 5.74) is 3.68. The minimum atomic E-state index is -0.0531. The molecule has 0 saturated heterocycles. The maximum absolute atomic E-state index is 12.3. The van der Waals surface area contributed by atoms with E-state index in [2.05, 4.69) is 5.32 Å². The van der Waals surface area contributed by atoms with E-state index >= 15 is 0 Å². The van der Waals surface area contributed by atoms with Crippen LogP contribution in [-0.2, 0) is 0 Å². The second-order valence-electron chi connectivity index (χ2n) is 4.47. The van der Waals surface area contributed by atoms with E-state index in [1.54, 1.807) is 11.8 Å². The largest absolute Gasteiger partial charge is 0.321 e. The van der Waals surface area contributed by atoms with Crippen LogP contribution in [0.1, 0.15) is 21.5 Å². The maximum atomic E-state index is 12.3. The zero-order valence-corrected chi connectivity index (χ0v) is 12.2. The molecule has 2 rings (SSSR count). The lowest BCUT2D eigenvalue weighted by molar-refractivity contribution is 0.102. The zero-order valence-electron chi connectivity index (χ0n) is 11.4. The van der Waals surface area contributed by atoms with Gasteiger partial charge in [-0.2, -0.15) is 0 Å². The first-order valence-corrected chi connectivity index (χ1v) is 7.36. The molecule has 0 aromatic heterocycles. The number of aryl methyl sites for hydroxylation is 2. The molecule has 1 N–H and O–H groups in total. The molecule has 0 fully saturated rings. The highest BCUT2D eigenvalue weighted by Crippen LogP contribution is 2.25. The van der Waals surface area contributed by atoms with Crippen molar-refractivity contribution >= 4 is 23.4 Å². The molecule has 0 aliphatic heterocycles. The number of benzene rings is 2. The van der Waals surface area contributed by atoms with Gasteiger partial charge < -0.3 is 5.32 Å². The summed E-state index contributed by atoms with van der Waals surface area (Å²) in [4.78, 5) is 13.4. The Kier molecular flexibility index (Phi) is 4.27. The minimum absolute atomic E-state index is 0.0531. The summed E-state index contributed by atoms with van der Waals surface area (Å²) in [6.45, 7) is 3.95. The molecule has 0 saturated carbocycles. The Bertz CT molecular complexity index is 607. The van der Waals surface area contributed by atoms with Crippen LogP contribution < -0.4 is 5.32 Å². The molecule has 0 radical (unpaired) electrons. The number of rotatable bonds is 3. The van der Waals surface area contributed by atoms with Crippen molar-refractivity contribution < 1.29 is 4.79 Å². The number of amides is 1. The number of para-hydroxylation sites is 1. The average molecular weight is 271 g/mol. The summed E-state index contributed by atoms with van der Waals surface area (Å²) in [6, 6.07) is 13.7. The molecule has 2 nitrogen and oxygen atoms in total. The van der Waals surface area contributed by atoms with Crippen LogP contribution in [0.2, 0.25) is 0 Å². The first-order valence-electron chi connectivity index (χ1n) is 6.13. The van der Waals surface area contributed by atoms with E-state index in [0.717, 1.165) is 27.3 Å². The molecule has 0 spiro atoms. The second-order valence-corrected chi connectivity index (χ2v) is 5.32. The third kappa shape index (κ3) is 3.18. The summed E-state index contributed by atoms with van der Waals surface area (Å²) >= 11 is 1.63. The predicted octanol–water partition coefficient (Wildman–Crippen LogP) is 4.28. The number of hydrogen-bond acceptors (Lipinski definition) is 2. The van der Waals surface area contributed by atoms with Gasteiger partial charge >= 0.3 is 0 Å². The van der Waals surface area contributed by atoms with Crippen molar-refractivity contribution in [1.29, 1.82) is 0 Å². The highest BCUT2D eigenvalue weighted by atomic mass is 32.2. The van der Waals surface area contributed by atoms with E-state index < -0.39 is 0 Å². The van der Waals surface area contributed by atoms with Crippen LogP contribution in [0.15, 0.2) is 47.4 Å². The van der Waals surface area contributed by atoms with E-state index in [9.17, 15) is 4.79 Å². The normalized spacial score (nSPS) is 10.3. The van der Waals surface area contributed by atoms with Gasteiger partial charge in [-0.05, 0) is 43.9 Å². The number of hydrogen-bond donors (Lipinski definition) is 1. The summed E-state index contributed by atoms with van der Waals surface area (Å²) in [6.07, 6.45) is 2.00. The van der Waals surface area contributed by atoms with Gasteiger partial charge in [0.25, 0.3) is 5.91 Å². The zero-order chi connectivity index (χ0) is 13.8. The van der Waals surface area contributed by atoms with Gasteiger partial charge in [0.05, 0.1) is 5.69 Å². The molecular weight excluding hydrogens is 254 g/mol. The SMILES string of the molecule is CSc1ccccc1NC(=O)c1cc(C)ccc1C. The lowest BCUT2D eigenvalue weighted by Gasteiger charge is -2.11. The minimum Gasteiger partial charge on any atom is -0.321 e. The van der Waals surface area contributed by atoms with Gasteiger partial charge in [0.2, 0.25) is 0 Å². The molecule has 2 aromatic carbocycles. The standard InChI is InChI=1S/C16H17NOS/c1-11-8-9-12(2)13(10-11)16(18)17-14-6-4-5-7-15(14)19-3/h4-10H,1-3H3,(H,17,18). The van der Waals surface area contributed by atoms with Crippen LogP contribution in [0.4, 0.5) is 5.69 Å². The number of nitrogens with one attached hydrogen (secondary N) is 1. The summed E-state index contributed by atoms with van der Waals surface area (Å²) in [5.74, 6) is -0.0531. The Balaban J connectivity index is 2.28. The number of carbonyl (C=O) groups is 1. The molecule has 98 valence electrons. The van der Waals surface area contributed by atoms with Crippen LogP contribution in [0, 0.1) is 13.8 Å². The molecule has 0 atom stereocenters. The third-order valence-electron chi connectivity index (χ3n) is 2.99. The molecule has 0 aliphatic carbocycles. The van der Waals surface area contributed by atoms with Gasteiger partial charge in [0.1, 0.15) is 0 Å². The fourth-order valence-electron chi connectivity index (χ4n) is 1.92. The smallest absolute Gasteiger partial charge is 0.255 e. The van der Waals surface area contributed by atoms with Gasteiger partial charge in [-0.1, -0.05) is 29.8 Å².